The van der Waals surface area contributed by atoms with Crippen LogP contribution in [0, 0.1) is 0 Å². The first kappa shape index (κ1) is 25.1. The zero-order chi connectivity index (χ0) is 21.3. The lowest BCUT2D eigenvalue weighted by atomic mass is 10.0. The lowest BCUT2D eigenvalue weighted by molar-refractivity contribution is 0.295. The number of para-hydroxylation sites is 1. The Morgan fingerprint density at radius 2 is 1.87 bits per heavy atom. The Balaban J connectivity index is 0.00000341. The second kappa shape index (κ2) is 12.6. The summed E-state index contributed by atoms with van der Waals surface area (Å²) in [5.41, 5.74) is 2.01. The molecule has 0 amide bonds. The number of hydrogen-bond donors (Lipinski definition) is 2. The van der Waals surface area contributed by atoms with E-state index in [2.05, 4.69) is 42.6 Å². The molecule has 8 heteroatoms. The Hall–Kier alpha value is -2.20. The van der Waals surface area contributed by atoms with E-state index in [1.165, 1.54) is 0 Å². The molecule has 0 radical (unpaired) electrons. The van der Waals surface area contributed by atoms with Gasteiger partial charge < -0.3 is 29.7 Å². The van der Waals surface area contributed by atoms with Gasteiger partial charge in [-0.1, -0.05) is 18.2 Å². The van der Waals surface area contributed by atoms with Crippen LogP contribution in [0.3, 0.4) is 0 Å². The fourth-order valence-electron chi connectivity index (χ4n) is 3.34. The average Bonchev–Trinajstić information content (AvgIpc) is 2.99. The molecular weight excluding hydrogens is 507 g/mol. The highest BCUT2D eigenvalue weighted by atomic mass is 127. The zero-order valence-electron chi connectivity index (χ0n) is 18.7. The Morgan fingerprint density at radius 1 is 1.13 bits per heavy atom. The number of anilines is 1. The van der Waals surface area contributed by atoms with Crippen molar-refractivity contribution < 1.29 is 14.2 Å². The number of aliphatic imine (C=N–C) groups is 1. The predicted octanol–water partition coefficient (Wildman–Crippen LogP) is 4.15. The van der Waals surface area contributed by atoms with Crippen LogP contribution >= 0.6 is 24.0 Å². The van der Waals surface area contributed by atoms with E-state index in [9.17, 15) is 0 Å². The Morgan fingerprint density at radius 3 is 2.58 bits per heavy atom. The van der Waals surface area contributed by atoms with Crippen molar-refractivity contribution in [3.8, 4) is 17.2 Å². The number of benzene rings is 2. The van der Waals surface area contributed by atoms with Gasteiger partial charge in [-0.2, -0.15) is 0 Å². The summed E-state index contributed by atoms with van der Waals surface area (Å²) in [7, 11) is 5.80. The summed E-state index contributed by atoms with van der Waals surface area (Å²) in [6, 6.07) is 14.0. The lowest BCUT2D eigenvalue weighted by Crippen LogP contribution is -2.32. The van der Waals surface area contributed by atoms with Gasteiger partial charge in [0.1, 0.15) is 5.75 Å². The molecule has 1 unspecified atom stereocenters. The number of fused-ring (bicyclic) bond motifs is 1. The Bertz CT molecular complexity index is 860. The molecule has 1 aliphatic heterocycles. The second-order valence-electron chi connectivity index (χ2n) is 7.28. The number of nitrogens with one attached hydrogen (secondary N) is 2. The minimum atomic E-state index is 0. The SMILES string of the molecule is CCNC(=NCC(c1ccccc1OC)N(C)C)Nc1ccc2c(c1)OCCCO2.I. The van der Waals surface area contributed by atoms with Crippen molar-refractivity contribution in [1.29, 1.82) is 0 Å². The van der Waals surface area contributed by atoms with E-state index >= 15 is 0 Å². The third kappa shape index (κ3) is 6.90. The van der Waals surface area contributed by atoms with Crippen LogP contribution < -0.4 is 24.8 Å². The molecule has 1 aliphatic rings. The maximum Gasteiger partial charge on any atom is 0.195 e. The molecular formula is C23H33IN4O3. The van der Waals surface area contributed by atoms with Crippen LogP contribution in [0.25, 0.3) is 0 Å². The summed E-state index contributed by atoms with van der Waals surface area (Å²) in [6.07, 6.45) is 0.885. The number of nitrogens with zero attached hydrogens (tertiary/aromatic N) is 2. The Kier molecular flexibility index (Phi) is 10.2. The molecule has 7 nitrogen and oxygen atoms in total. The van der Waals surface area contributed by atoms with E-state index in [-0.39, 0.29) is 30.0 Å². The molecule has 170 valence electrons. The number of methoxy groups -OCH3 is 1. The normalized spacial score (nSPS) is 14.3. The molecule has 3 rings (SSSR count). The van der Waals surface area contributed by atoms with Crippen LogP contribution in [0.15, 0.2) is 47.5 Å². The maximum atomic E-state index is 5.80. The highest BCUT2D eigenvalue weighted by Gasteiger charge is 2.18. The largest absolute Gasteiger partial charge is 0.496 e. The van der Waals surface area contributed by atoms with Gasteiger partial charge in [0.15, 0.2) is 17.5 Å². The molecule has 2 aromatic rings. The Labute approximate surface area is 202 Å². The average molecular weight is 540 g/mol. The zero-order valence-corrected chi connectivity index (χ0v) is 21.0. The van der Waals surface area contributed by atoms with Crippen molar-refractivity contribution >= 4 is 35.6 Å². The summed E-state index contributed by atoms with van der Waals surface area (Å²) in [4.78, 5) is 6.99. The van der Waals surface area contributed by atoms with Gasteiger partial charge in [0.2, 0.25) is 0 Å². The number of guanidine groups is 1. The number of ether oxygens (including phenoxy) is 3. The third-order valence-electron chi connectivity index (χ3n) is 4.90. The molecule has 2 aromatic carbocycles. The molecule has 0 saturated heterocycles. The van der Waals surface area contributed by atoms with E-state index in [4.69, 9.17) is 19.2 Å². The van der Waals surface area contributed by atoms with Crippen LogP contribution in [0.4, 0.5) is 5.69 Å². The highest BCUT2D eigenvalue weighted by Crippen LogP contribution is 2.32. The minimum Gasteiger partial charge on any atom is -0.496 e. The first-order valence-electron chi connectivity index (χ1n) is 10.4. The summed E-state index contributed by atoms with van der Waals surface area (Å²) in [6.45, 7) is 4.73. The van der Waals surface area contributed by atoms with Gasteiger partial charge in [0.25, 0.3) is 0 Å². The monoisotopic (exact) mass is 540 g/mol. The minimum absolute atomic E-state index is 0. The van der Waals surface area contributed by atoms with Crippen molar-refractivity contribution in [3.63, 3.8) is 0 Å². The van der Waals surface area contributed by atoms with Crippen molar-refractivity contribution in [2.45, 2.75) is 19.4 Å². The van der Waals surface area contributed by atoms with E-state index in [1.807, 2.05) is 36.4 Å². The van der Waals surface area contributed by atoms with Gasteiger partial charge >= 0.3 is 0 Å². The van der Waals surface area contributed by atoms with Crippen molar-refractivity contribution in [2.75, 3.05) is 52.8 Å². The van der Waals surface area contributed by atoms with Gasteiger partial charge in [-0.25, -0.2) is 0 Å². The van der Waals surface area contributed by atoms with Gasteiger partial charge in [-0.3, -0.25) is 4.99 Å². The fourth-order valence-corrected chi connectivity index (χ4v) is 3.34. The van der Waals surface area contributed by atoms with E-state index < -0.39 is 0 Å². The van der Waals surface area contributed by atoms with Crippen LogP contribution in [0.1, 0.15) is 24.9 Å². The van der Waals surface area contributed by atoms with Crippen LogP contribution in [0.5, 0.6) is 17.2 Å². The molecule has 0 fully saturated rings. The number of likely N-dealkylation sites (N-methyl/N-ethyl adjacent to an activating group) is 1. The molecule has 31 heavy (non-hydrogen) atoms. The van der Waals surface area contributed by atoms with Gasteiger partial charge in [-0.15, -0.1) is 24.0 Å². The molecule has 0 spiro atoms. The van der Waals surface area contributed by atoms with Gasteiger partial charge in [0, 0.05) is 30.3 Å². The van der Waals surface area contributed by atoms with Crippen molar-refractivity contribution in [2.24, 2.45) is 4.99 Å². The molecule has 0 saturated carbocycles. The van der Waals surface area contributed by atoms with Crippen molar-refractivity contribution in [1.82, 2.24) is 10.2 Å². The van der Waals surface area contributed by atoms with Crippen molar-refractivity contribution in [3.05, 3.63) is 48.0 Å². The summed E-state index contributed by atoms with van der Waals surface area (Å²) >= 11 is 0. The van der Waals surface area contributed by atoms with Crippen LogP contribution in [-0.4, -0.2) is 58.4 Å². The molecule has 0 aliphatic carbocycles. The van der Waals surface area contributed by atoms with Gasteiger partial charge in [0.05, 0.1) is 32.9 Å². The standard InChI is InChI=1S/C23H32N4O3.HI/c1-5-24-23(26-17-11-12-21-22(15-17)30-14-8-13-29-21)25-16-19(27(2)3)18-9-6-7-10-20(18)28-4;/h6-7,9-12,15,19H,5,8,13-14,16H2,1-4H3,(H2,24,25,26);1H. The quantitative estimate of drug-likeness (QED) is 0.313. The second-order valence-corrected chi connectivity index (χ2v) is 7.28. The van der Waals surface area contributed by atoms with E-state index in [0.29, 0.717) is 25.7 Å². The first-order valence-corrected chi connectivity index (χ1v) is 10.4. The lowest BCUT2D eigenvalue weighted by Gasteiger charge is -2.25. The number of halogens is 1. The number of hydrogen-bond acceptors (Lipinski definition) is 5. The predicted molar refractivity (Wildman–Crippen MR) is 136 cm³/mol. The summed E-state index contributed by atoms with van der Waals surface area (Å²) in [5, 5.41) is 6.69. The van der Waals surface area contributed by atoms with E-state index in [1.54, 1.807) is 7.11 Å². The topological polar surface area (TPSA) is 67.4 Å². The molecule has 1 atom stereocenters. The third-order valence-corrected chi connectivity index (χ3v) is 4.90. The first-order chi connectivity index (χ1) is 14.6. The summed E-state index contributed by atoms with van der Waals surface area (Å²) < 4.78 is 17.1. The molecule has 2 N–H and O–H groups in total. The maximum absolute atomic E-state index is 5.80. The molecule has 1 heterocycles. The van der Waals surface area contributed by atoms with Crippen LogP contribution in [0.2, 0.25) is 0 Å². The molecule has 0 aromatic heterocycles. The fraction of sp³-hybridized carbons (Fsp3) is 0.435. The molecule has 0 bridgehead atoms. The van der Waals surface area contributed by atoms with Gasteiger partial charge in [-0.05, 0) is 39.2 Å². The van der Waals surface area contributed by atoms with E-state index in [0.717, 1.165) is 41.5 Å². The van der Waals surface area contributed by atoms with Crippen LogP contribution in [-0.2, 0) is 0 Å². The number of rotatable bonds is 7. The highest BCUT2D eigenvalue weighted by molar-refractivity contribution is 14.0. The summed E-state index contributed by atoms with van der Waals surface area (Å²) in [5.74, 6) is 3.12. The smallest absolute Gasteiger partial charge is 0.195 e.